The summed E-state index contributed by atoms with van der Waals surface area (Å²) in [6.07, 6.45) is 1.94. The Hall–Kier alpha value is -0.330. The van der Waals surface area contributed by atoms with E-state index in [1.165, 1.54) is 10.4 Å². The molecular formula is C14H20Cl2N2O2S. The van der Waals surface area contributed by atoms with E-state index in [4.69, 9.17) is 23.2 Å². The molecule has 21 heavy (non-hydrogen) atoms. The molecule has 2 rings (SSSR count). The van der Waals surface area contributed by atoms with Crippen molar-refractivity contribution in [2.75, 3.05) is 20.1 Å². The highest BCUT2D eigenvalue weighted by atomic mass is 35.5. The summed E-state index contributed by atoms with van der Waals surface area (Å²) in [7, 11) is -1.80. The molecule has 0 aromatic heterocycles. The molecule has 0 spiro atoms. The number of sulfonamides is 1. The van der Waals surface area contributed by atoms with E-state index in [0.29, 0.717) is 36.1 Å². The SMILES string of the molecule is CNCc1c(Cl)ccc(S(=O)(=O)N2CCCC(C)C2)c1Cl. The first kappa shape index (κ1) is 17.0. The fraction of sp³-hybridized carbons (Fsp3) is 0.571. The Morgan fingerprint density at radius 2 is 2.10 bits per heavy atom. The summed E-state index contributed by atoms with van der Waals surface area (Å²) in [5, 5.41) is 3.64. The standard InChI is InChI=1S/C14H20Cl2N2O2S/c1-10-4-3-7-18(9-10)21(19,20)13-6-5-12(15)11(8-17-2)14(13)16/h5-6,10,17H,3-4,7-9H2,1-2H3. The van der Waals surface area contributed by atoms with Gasteiger partial charge < -0.3 is 5.32 Å². The molecule has 0 amide bonds. The van der Waals surface area contributed by atoms with Crippen LogP contribution in [0.4, 0.5) is 0 Å². The lowest BCUT2D eigenvalue weighted by atomic mass is 10.0. The van der Waals surface area contributed by atoms with Crippen molar-refractivity contribution in [1.29, 1.82) is 0 Å². The third kappa shape index (κ3) is 3.54. The van der Waals surface area contributed by atoms with Crippen LogP contribution in [-0.4, -0.2) is 32.9 Å². The summed E-state index contributed by atoms with van der Waals surface area (Å²) < 4.78 is 27.1. The second-order valence-electron chi connectivity index (χ2n) is 5.48. The van der Waals surface area contributed by atoms with Gasteiger partial charge in [-0.3, -0.25) is 0 Å². The summed E-state index contributed by atoms with van der Waals surface area (Å²) in [6, 6.07) is 3.10. The van der Waals surface area contributed by atoms with Crippen molar-refractivity contribution in [3.8, 4) is 0 Å². The number of nitrogens with one attached hydrogen (secondary N) is 1. The van der Waals surface area contributed by atoms with Crippen LogP contribution < -0.4 is 5.32 Å². The minimum Gasteiger partial charge on any atom is -0.316 e. The molecule has 1 saturated heterocycles. The van der Waals surface area contributed by atoms with Gasteiger partial charge in [-0.05, 0) is 37.9 Å². The van der Waals surface area contributed by atoms with E-state index in [1.807, 2.05) is 0 Å². The van der Waals surface area contributed by atoms with Gasteiger partial charge in [0.2, 0.25) is 10.0 Å². The monoisotopic (exact) mass is 350 g/mol. The molecule has 4 nitrogen and oxygen atoms in total. The average molecular weight is 351 g/mol. The second kappa shape index (κ2) is 6.84. The fourth-order valence-electron chi connectivity index (χ4n) is 2.62. The minimum atomic E-state index is -3.57. The van der Waals surface area contributed by atoms with Gasteiger partial charge in [0.1, 0.15) is 4.90 Å². The summed E-state index contributed by atoms with van der Waals surface area (Å²) >= 11 is 12.4. The summed E-state index contributed by atoms with van der Waals surface area (Å²) in [5.74, 6) is 0.372. The van der Waals surface area contributed by atoms with Gasteiger partial charge in [0, 0.05) is 30.2 Å². The van der Waals surface area contributed by atoms with Gasteiger partial charge in [-0.2, -0.15) is 4.31 Å². The van der Waals surface area contributed by atoms with E-state index < -0.39 is 10.0 Å². The van der Waals surface area contributed by atoms with E-state index in [0.717, 1.165) is 12.8 Å². The van der Waals surface area contributed by atoms with Crippen LogP contribution in [0.5, 0.6) is 0 Å². The Labute approximate surface area is 136 Å². The predicted octanol–water partition coefficient (Wildman–Crippen LogP) is 3.13. The highest BCUT2D eigenvalue weighted by Gasteiger charge is 2.31. The molecule has 1 unspecified atom stereocenters. The zero-order valence-electron chi connectivity index (χ0n) is 12.2. The number of hydrogen-bond acceptors (Lipinski definition) is 3. The van der Waals surface area contributed by atoms with Crippen molar-refractivity contribution in [1.82, 2.24) is 9.62 Å². The van der Waals surface area contributed by atoms with Crippen LogP contribution in [-0.2, 0) is 16.6 Å². The molecule has 0 saturated carbocycles. The highest BCUT2D eigenvalue weighted by molar-refractivity contribution is 7.89. The van der Waals surface area contributed by atoms with Crippen molar-refractivity contribution in [3.63, 3.8) is 0 Å². The molecular weight excluding hydrogens is 331 g/mol. The van der Waals surface area contributed by atoms with E-state index in [9.17, 15) is 8.42 Å². The van der Waals surface area contributed by atoms with Crippen LogP contribution in [0.1, 0.15) is 25.3 Å². The lowest BCUT2D eigenvalue weighted by Crippen LogP contribution is -2.39. The first-order valence-electron chi connectivity index (χ1n) is 6.99. The highest BCUT2D eigenvalue weighted by Crippen LogP contribution is 2.34. The van der Waals surface area contributed by atoms with Crippen LogP contribution in [0.2, 0.25) is 10.0 Å². The van der Waals surface area contributed by atoms with Gasteiger partial charge in [0.15, 0.2) is 0 Å². The Balaban J connectivity index is 2.42. The van der Waals surface area contributed by atoms with Crippen LogP contribution in [0, 0.1) is 5.92 Å². The molecule has 1 heterocycles. The Morgan fingerprint density at radius 1 is 1.38 bits per heavy atom. The molecule has 1 aliphatic heterocycles. The number of halogens is 2. The van der Waals surface area contributed by atoms with Crippen molar-refractivity contribution >= 4 is 33.2 Å². The molecule has 1 atom stereocenters. The first-order chi connectivity index (χ1) is 9.87. The first-order valence-corrected chi connectivity index (χ1v) is 9.19. The number of nitrogens with zero attached hydrogens (tertiary/aromatic N) is 1. The van der Waals surface area contributed by atoms with Crippen molar-refractivity contribution in [2.24, 2.45) is 5.92 Å². The summed E-state index contributed by atoms with van der Waals surface area (Å²) in [4.78, 5) is 0.146. The Morgan fingerprint density at radius 3 is 2.71 bits per heavy atom. The van der Waals surface area contributed by atoms with Gasteiger partial charge in [-0.25, -0.2) is 8.42 Å². The fourth-order valence-corrected chi connectivity index (χ4v) is 5.10. The number of benzene rings is 1. The van der Waals surface area contributed by atoms with Crippen LogP contribution in [0.3, 0.4) is 0 Å². The molecule has 0 bridgehead atoms. The summed E-state index contributed by atoms with van der Waals surface area (Å²) in [6.45, 7) is 3.59. The summed E-state index contributed by atoms with van der Waals surface area (Å²) in [5.41, 5.74) is 0.618. The van der Waals surface area contributed by atoms with E-state index in [2.05, 4.69) is 12.2 Å². The van der Waals surface area contributed by atoms with E-state index in [-0.39, 0.29) is 9.92 Å². The van der Waals surface area contributed by atoms with Crippen LogP contribution in [0.15, 0.2) is 17.0 Å². The molecule has 1 aromatic carbocycles. The number of piperidine rings is 1. The minimum absolute atomic E-state index is 0.146. The van der Waals surface area contributed by atoms with E-state index >= 15 is 0 Å². The average Bonchev–Trinajstić information content (AvgIpc) is 2.43. The van der Waals surface area contributed by atoms with Gasteiger partial charge in [-0.1, -0.05) is 30.1 Å². The second-order valence-corrected chi connectivity index (χ2v) is 8.17. The van der Waals surface area contributed by atoms with Crippen molar-refractivity contribution in [3.05, 3.63) is 27.7 Å². The van der Waals surface area contributed by atoms with Crippen molar-refractivity contribution in [2.45, 2.75) is 31.2 Å². The van der Waals surface area contributed by atoms with Gasteiger partial charge in [-0.15, -0.1) is 0 Å². The smallest absolute Gasteiger partial charge is 0.244 e. The molecule has 1 aromatic rings. The Bertz CT molecular complexity index is 620. The zero-order chi connectivity index (χ0) is 15.6. The lowest BCUT2D eigenvalue weighted by molar-refractivity contribution is 0.281. The third-order valence-electron chi connectivity index (χ3n) is 3.74. The molecule has 1 fully saturated rings. The molecule has 1 N–H and O–H groups in total. The van der Waals surface area contributed by atoms with Gasteiger partial charge in [0.05, 0.1) is 5.02 Å². The maximum Gasteiger partial charge on any atom is 0.244 e. The maximum atomic E-state index is 12.8. The maximum absolute atomic E-state index is 12.8. The normalized spacial score (nSPS) is 20.7. The Kier molecular flexibility index (Phi) is 5.54. The number of hydrogen-bond donors (Lipinski definition) is 1. The predicted molar refractivity (Wildman–Crippen MR) is 86.4 cm³/mol. The van der Waals surface area contributed by atoms with E-state index in [1.54, 1.807) is 13.1 Å². The molecule has 7 heteroatoms. The molecule has 0 radical (unpaired) electrons. The topological polar surface area (TPSA) is 49.4 Å². The van der Waals surface area contributed by atoms with Crippen molar-refractivity contribution < 1.29 is 8.42 Å². The van der Waals surface area contributed by atoms with Gasteiger partial charge in [0.25, 0.3) is 0 Å². The third-order valence-corrected chi connectivity index (χ3v) is 6.55. The number of rotatable bonds is 4. The quantitative estimate of drug-likeness (QED) is 0.907. The lowest BCUT2D eigenvalue weighted by Gasteiger charge is -2.30. The largest absolute Gasteiger partial charge is 0.316 e. The molecule has 1 aliphatic rings. The zero-order valence-corrected chi connectivity index (χ0v) is 14.5. The van der Waals surface area contributed by atoms with Crippen LogP contribution >= 0.6 is 23.2 Å². The van der Waals surface area contributed by atoms with Gasteiger partial charge >= 0.3 is 0 Å². The molecule has 0 aliphatic carbocycles. The molecule has 118 valence electrons. The van der Waals surface area contributed by atoms with Crippen LogP contribution in [0.25, 0.3) is 0 Å².